The molecular formula is C14H27ClN2O2. The van der Waals surface area contributed by atoms with Gasteiger partial charge in [-0.25, -0.2) is 4.79 Å². The fraction of sp³-hybridized carbons (Fsp3) is 0.929. The highest BCUT2D eigenvalue weighted by Gasteiger charge is 2.34. The minimum atomic E-state index is -0.378. The normalized spacial score (nSPS) is 21.5. The molecule has 0 radical (unpaired) electrons. The molecule has 0 aromatic carbocycles. The van der Waals surface area contributed by atoms with Gasteiger partial charge < -0.3 is 15.0 Å². The molecule has 1 amide bonds. The van der Waals surface area contributed by atoms with Crippen molar-refractivity contribution >= 4 is 18.5 Å². The summed E-state index contributed by atoms with van der Waals surface area (Å²) in [5.74, 6) is 1.55. The molecule has 0 saturated carbocycles. The molecule has 0 bridgehead atoms. The summed E-state index contributed by atoms with van der Waals surface area (Å²) < 4.78 is 5.36. The van der Waals surface area contributed by atoms with Crippen molar-refractivity contribution in [3.05, 3.63) is 0 Å². The second-order valence-corrected chi connectivity index (χ2v) is 6.68. The highest BCUT2D eigenvalue weighted by atomic mass is 35.5. The lowest BCUT2D eigenvalue weighted by atomic mass is 9.84. The molecule has 0 unspecified atom stereocenters. The Morgan fingerprint density at radius 2 is 1.79 bits per heavy atom. The first-order valence-corrected chi connectivity index (χ1v) is 7.13. The molecule has 0 aromatic rings. The third kappa shape index (κ3) is 5.19. The van der Waals surface area contributed by atoms with E-state index in [1.165, 1.54) is 19.3 Å². The van der Waals surface area contributed by atoms with Crippen molar-refractivity contribution in [2.24, 2.45) is 11.8 Å². The minimum absolute atomic E-state index is 0. The predicted octanol–water partition coefficient (Wildman–Crippen LogP) is 2.66. The minimum Gasteiger partial charge on any atom is -0.444 e. The van der Waals surface area contributed by atoms with Crippen LogP contribution in [0.25, 0.3) is 0 Å². The van der Waals surface area contributed by atoms with Gasteiger partial charge in [0, 0.05) is 13.1 Å². The number of nitrogens with one attached hydrogen (secondary N) is 1. The average molecular weight is 291 g/mol. The van der Waals surface area contributed by atoms with E-state index >= 15 is 0 Å². The lowest BCUT2D eigenvalue weighted by molar-refractivity contribution is -0.00513. The summed E-state index contributed by atoms with van der Waals surface area (Å²) in [6.45, 7) is 9.84. The molecule has 0 aromatic heterocycles. The maximum Gasteiger partial charge on any atom is 0.410 e. The smallest absolute Gasteiger partial charge is 0.410 e. The van der Waals surface area contributed by atoms with Crippen LogP contribution in [0.1, 0.15) is 40.0 Å². The summed E-state index contributed by atoms with van der Waals surface area (Å²) in [4.78, 5) is 13.6. The van der Waals surface area contributed by atoms with E-state index in [1.54, 1.807) is 0 Å². The first kappa shape index (κ1) is 16.6. The van der Waals surface area contributed by atoms with E-state index in [1.807, 2.05) is 25.7 Å². The van der Waals surface area contributed by atoms with E-state index in [-0.39, 0.29) is 24.1 Å². The van der Waals surface area contributed by atoms with Crippen molar-refractivity contribution in [3.8, 4) is 0 Å². The largest absolute Gasteiger partial charge is 0.444 e. The average Bonchev–Trinajstić information content (AvgIpc) is 2.21. The van der Waals surface area contributed by atoms with Crippen molar-refractivity contribution in [2.75, 3.05) is 26.2 Å². The van der Waals surface area contributed by atoms with E-state index in [4.69, 9.17) is 4.74 Å². The fourth-order valence-electron chi connectivity index (χ4n) is 2.78. The number of piperidine rings is 1. The lowest BCUT2D eigenvalue weighted by Gasteiger charge is -2.41. The van der Waals surface area contributed by atoms with Crippen LogP contribution in [-0.4, -0.2) is 42.8 Å². The van der Waals surface area contributed by atoms with Crippen molar-refractivity contribution < 1.29 is 9.53 Å². The van der Waals surface area contributed by atoms with Gasteiger partial charge in [0.15, 0.2) is 0 Å². The van der Waals surface area contributed by atoms with E-state index in [2.05, 4.69) is 5.32 Å². The standard InChI is InChI=1S/C14H26N2O2.ClH/c1-14(2,3)18-13(17)16-9-12(10-16)8-11-4-6-15-7-5-11;/h11-12,15H,4-10H2,1-3H3;1H. The molecule has 2 fully saturated rings. The van der Waals surface area contributed by atoms with Crippen LogP contribution >= 0.6 is 12.4 Å². The highest BCUT2D eigenvalue weighted by Crippen LogP contribution is 2.28. The van der Waals surface area contributed by atoms with Crippen LogP contribution in [0.15, 0.2) is 0 Å². The number of carbonyl (C=O) groups excluding carboxylic acids is 1. The lowest BCUT2D eigenvalue weighted by Crippen LogP contribution is -2.52. The zero-order chi connectivity index (χ0) is 13.2. The number of nitrogens with zero attached hydrogens (tertiary/aromatic N) is 1. The van der Waals surface area contributed by atoms with Gasteiger partial charge in [0.05, 0.1) is 0 Å². The molecule has 2 aliphatic rings. The Hall–Kier alpha value is -0.480. The van der Waals surface area contributed by atoms with Gasteiger partial charge in [0.2, 0.25) is 0 Å². The van der Waals surface area contributed by atoms with Gasteiger partial charge in [-0.1, -0.05) is 0 Å². The van der Waals surface area contributed by atoms with Crippen molar-refractivity contribution in [1.82, 2.24) is 10.2 Å². The maximum absolute atomic E-state index is 11.8. The number of ether oxygens (including phenoxy) is 1. The molecule has 0 atom stereocenters. The fourth-order valence-corrected chi connectivity index (χ4v) is 2.78. The second-order valence-electron chi connectivity index (χ2n) is 6.68. The molecule has 2 heterocycles. The zero-order valence-corrected chi connectivity index (χ0v) is 13.1. The molecule has 0 spiro atoms. The Balaban J connectivity index is 0.00000180. The van der Waals surface area contributed by atoms with Gasteiger partial charge >= 0.3 is 6.09 Å². The number of likely N-dealkylation sites (tertiary alicyclic amines) is 1. The van der Waals surface area contributed by atoms with Crippen LogP contribution in [-0.2, 0) is 4.74 Å². The van der Waals surface area contributed by atoms with Gasteiger partial charge in [-0.2, -0.15) is 0 Å². The Morgan fingerprint density at radius 1 is 1.21 bits per heavy atom. The first-order valence-electron chi connectivity index (χ1n) is 7.13. The van der Waals surface area contributed by atoms with Crippen LogP contribution in [0.4, 0.5) is 4.79 Å². The van der Waals surface area contributed by atoms with Gasteiger partial charge in [-0.15, -0.1) is 12.4 Å². The Labute approximate surface area is 122 Å². The Morgan fingerprint density at radius 3 is 2.32 bits per heavy atom. The van der Waals surface area contributed by atoms with Crippen LogP contribution in [0.3, 0.4) is 0 Å². The number of hydrogen-bond donors (Lipinski definition) is 1. The summed E-state index contributed by atoms with van der Waals surface area (Å²) in [7, 11) is 0. The van der Waals surface area contributed by atoms with E-state index in [9.17, 15) is 4.79 Å². The molecule has 2 aliphatic heterocycles. The topological polar surface area (TPSA) is 41.6 Å². The van der Waals surface area contributed by atoms with E-state index in [0.29, 0.717) is 5.92 Å². The molecule has 0 aliphatic carbocycles. The monoisotopic (exact) mass is 290 g/mol. The first-order chi connectivity index (χ1) is 8.44. The van der Waals surface area contributed by atoms with Crippen molar-refractivity contribution in [2.45, 2.75) is 45.6 Å². The van der Waals surface area contributed by atoms with Crippen molar-refractivity contribution in [1.29, 1.82) is 0 Å². The number of rotatable bonds is 2. The van der Waals surface area contributed by atoms with Crippen LogP contribution in [0.5, 0.6) is 0 Å². The summed E-state index contributed by atoms with van der Waals surface area (Å²) in [5, 5.41) is 3.39. The Bertz CT molecular complexity index is 292. The summed E-state index contributed by atoms with van der Waals surface area (Å²) in [6.07, 6.45) is 3.72. The predicted molar refractivity (Wildman–Crippen MR) is 78.8 cm³/mol. The molecule has 5 heteroatoms. The van der Waals surface area contributed by atoms with Gasteiger partial charge in [-0.3, -0.25) is 0 Å². The summed E-state index contributed by atoms with van der Waals surface area (Å²) >= 11 is 0. The van der Waals surface area contributed by atoms with E-state index < -0.39 is 0 Å². The second kappa shape index (κ2) is 6.80. The van der Waals surface area contributed by atoms with Gasteiger partial charge in [-0.05, 0) is 65.0 Å². The number of amides is 1. The molecule has 112 valence electrons. The summed E-state index contributed by atoms with van der Waals surface area (Å²) in [5.41, 5.74) is -0.378. The summed E-state index contributed by atoms with van der Waals surface area (Å²) in [6, 6.07) is 0. The van der Waals surface area contributed by atoms with Crippen molar-refractivity contribution in [3.63, 3.8) is 0 Å². The van der Waals surface area contributed by atoms with Crippen LogP contribution in [0.2, 0.25) is 0 Å². The maximum atomic E-state index is 11.8. The van der Waals surface area contributed by atoms with Crippen LogP contribution in [0, 0.1) is 11.8 Å². The molecule has 2 rings (SSSR count). The molecular weight excluding hydrogens is 264 g/mol. The SMILES string of the molecule is CC(C)(C)OC(=O)N1CC(CC2CCNCC2)C1.Cl. The van der Waals surface area contributed by atoms with Gasteiger partial charge in [0.1, 0.15) is 5.60 Å². The molecule has 19 heavy (non-hydrogen) atoms. The third-order valence-corrected chi connectivity index (χ3v) is 3.73. The van der Waals surface area contributed by atoms with Crippen LogP contribution < -0.4 is 5.32 Å². The molecule has 4 nitrogen and oxygen atoms in total. The number of halogens is 1. The number of carbonyl (C=O) groups is 1. The van der Waals surface area contributed by atoms with Gasteiger partial charge in [0.25, 0.3) is 0 Å². The highest BCUT2D eigenvalue weighted by molar-refractivity contribution is 5.85. The van der Waals surface area contributed by atoms with E-state index in [0.717, 1.165) is 32.1 Å². The molecule has 1 N–H and O–H groups in total. The Kier molecular flexibility index (Phi) is 5.93. The zero-order valence-electron chi connectivity index (χ0n) is 12.3. The molecule has 2 saturated heterocycles. The third-order valence-electron chi connectivity index (χ3n) is 3.73. The number of hydrogen-bond acceptors (Lipinski definition) is 3. The quantitative estimate of drug-likeness (QED) is 0.850.